The zero-order valence-electron chi connectivity index (χ0n) is 9.88. The number of aliphatic hydroxyl groups is 4. The van der Waals surface area contributed by atoms with E-state index in [1.165, 1.54) is 0 Å². The normalized spacial score (nSPS) is 36.6. The lowest BCUT2D eigenvalue weighted by Gasteiger charge is -2.40. The van der Waals surface area contributed by atoms with Gasteiger partial charge in [0.2, 0.25) is 0 Å². The fraction of sp³-hybridized carbons (Fsp3) is 0.538. The summed E-state index contributed by atoms with van der Waals surface area (Å²) >= 11 is 0. The van der Waals surface area contributed by atoms with Crippen molar-refractivity contribution >= 4 is 0 Å². The van der Waals surface area contributed by atoms with Crippen LogP contribution in [0, 0.1) is 0 Å². The molecular formula is C13H18O5. The van der Waals surface area contributed by atoms with Crippen LogP contribution in [0.3, 0.4) is 0 Å². The van der Waals surface area contributed by atoms with Crippen LogP contribution in [0.2, 0.25) is 0 Å². The van der Waals surface area contributed by atoms with Gasteiger partial charge in [0.05, 0.1) is 12.7 Å². The van der Waals surface area contributed by atoms with Gasteiger partial charge in [0.1, 0.15) is 24.4 Å². The molecule has 0 aliphatic carbocycles. The van der Waals surface area contributed by atoms with Crippen molar-refractivity contribution in [2.24, 2.45) is 0 Å². The summed E-state index contributed by atoms with van der Waals surface area (Å²) in [5, 5.41) is 38.2. The topological polar surface area (TPSA) is 90.2 Å². The van der Waals surface area contributed by atoms with Gasteiger partial charge in [-0.3, -0.25) is 0 Å². The Morgan fingerprint density at radius 1 is 0.889 bits per heavy atom. The van der Waals surface area contributed by atoms with Crippen LogP contribution in [0.4, 0.5) is 0 Å². The van der Waals surface area contributed by atoms with E-state index in [2.05, 4.69) is 0 Å². The Balaban J connectivity index is 2.08. The molecule has 5 heteroatoms. The Morgan fingerprint density at radius 3 is 2.11 bits per heavy atom. The van der Waals surface area contributed by atoms with E-state index >= 15 is 0 Å². The molecule has 2 rings (SSSR count). The summed E-state index contributed by atoms with van der Waals surface area (Å²) in [5.74, 6) is 0. The third-order valence-corrected chi connectivity index (χ3v) is 3.27. The largest absolute Gasteiger partial charge is 0.394 e. The predicted octanol–water partition coefficient (Wildman–Crippen LogP) is -0.929. The summed E-state index contributed by atoms with van der Waals surface area (Å²) in [7, 11) is 0. The molecule has 1 saturated heterocycles. The highest BCUT2D eigenvalue weighted by molar-refractivity contribution is 5.16. The SMILES string of the molecule is OC[C@H]1O[C@H](Cc2ccccc2)[C@H](O)[C@@H](O)[C@H]1O. The monoisotopic (exact) mass is 254 g/mol. The molecule has 0 bridgehead atoms. The van der Waals surface area contributed by atoms with Crippen LogP contribution < -0.4 is 0 Å². The minimum absolute atomic E-state index is 0.393. The van der Waals surface area contributed by atoms with Crippen LogP contribution in [-0.2, 0) is 11.2 Å². The van der Waals surface area contributed by atoms with Crippen molar-refractivity contribution in [1.29, 1.82) is 0 Å². The van der Waals surface area contributed by atoms with E-state index in [1.54, 1.807) is 0 Å². The van der Waals surface area contributed by atoms with E-state index in [9.17, 15) is 15.3 Å². The van der Waals surface area contributed by atoms with Gasteiger partial charge >= 0.3 is 0 Å². The molecule has 0 spiro atoms. The van der Waals surface area contributed by atoms with Gasteiger partial charge in [-0.25, -0.2) is 0 Å². The van der Waals surface area contributed by atoms with E-state index in [0.717, 1.165) is 5.56 Å². The molecule has 1 fully saturated rings. The van der Waals surface area contributed by atoms with Crippen LogP contribution in [0.1, 0.15) is 5.56 Å². The van der Waals surface area contributed by atoms with Gasteiger partial charge in [-0.2, -0.15) is 0 Å². The molecule has 1 aromatic carbocycles. The first-order chi connectivity index (χ1) is 8.63. The summed E-state index contributed by atoms with van der Waals surface area (Å²) in [5.41, 5.74) is 0.960. The molecule has 1 aliphatic rings. The molecule has 0 radical (unpaired) electrons. The Hall–Kier alpha value is -0.980. The maximum absolute atomic E-state index is 9.87. The highest BCUT2D eigenvalue weighted by atomic mass is 16.5. The Kier molecular flexibility index (Phi) is 4.31. The fourth-order valence-electron chi connectivity index (χ4n) is 2.19. The highest BCUT2D eigenvalue weighted by Gasteiger charge is 2.43. The maximum Gasteiger partial charge on any atom is 0.111 e. The average Bonchev–Trinajstić information content (AvgIpc) is 2.40. The zero-order valence-corrected chi connectivity index (χ0v) is 9.88. The van der Waals surface area contributed by atoms with Crippen LogP contribution in [0.5, 0.6) is 0 Å². The molecule has 0 saturated carbocycles. The molecule has 0 unspecified atom stereocenters. The molecule has 4 N–H and O–H groups in total. The molecule has 100 valence electrons. The number of benzene rings is 1. The van der Waals surface area contributed by atoms with Crippen LogP contribution in [0.15, 0.2) is 30.3 Å². The number of rotatable bonds is 3. The molecule has 0 amide bonds. The first-order valence-electron chi connectivity index (χ1n) is 5.98. The Bertz CT molecular complexity index is 367. The second-order valence-electron chi connectivity index (χ2n) is 4.56. The van der Waals surface area contributed by atoms with Crippen molar-refractivity contribution in [3.8, 4) is 0 Å². The summed E-state index contributed by atoms with van der Waals surface area (Å²) in [4.78, 5) is 0. The summed E-state index contributed by atoms with van der Waals surface area (Å²) in [6, 6.07) is 9.42. The van der Waals surface area contributed by atoms with Gasteiger partial charge in [0.15, 0.2) is 0 Å². The molecule has 5 atom stereocenters. The summed E-state index contributed by atoms with van der Waals surface area (Å²) < 4.78 is 5.42. The third kappa shape index (κ3) is 2.71. The van der Waals surface area contributed by atoms with Crippen molar-refractivity contribution in [2.45, 2.75) is 36.9 Å². The predicted molar refractivity (Wildman–Crippen MR) is 63.9 cm³/mol. The van der Waals surface area contributed by atoms with Gasteiger partial charge < -0.3 is 25.2 Å². The van der Waals surface area contributed by atoms with Crippen molar-refractivity contribution in [3.63, 3.8) is 0 Å². The van der Waals surface area contributed by atoms with E-state index in [1.807, 2.05) is 30.3 Å². The smallest absolute Gasteiger partial charge is 0.111 e. The summed E-state index contributed by atoms with van der Waals surface area (Å²) in [6.07, 6.45) is -4.81. The van der Waals surface area contributed by atoms with Crippen LogP contribution in [-0.4, -0.2) is 57.6 Å². The van der Waals surface area contributed by atoms with Gasteiger partial charge in [-0.05, 0) is 5.56 Å². The Labute approximate surface area is 105 Å². The number of hydrogen-bond acceptors (Lipinski definition) is 5. The molecule has 5 nitrogen and oxygen atoms in total. The van der Waals surface area contributed by atoms with E-state index < -0.39 is 37.1 Å². The number of hydrogen-bond donors (Lipinski definition) is 4. The van der Waals surface area contributed by atoms with E-state index in [0.29, 0.717) is 6.42 Å². The lowest BCUT2D eigenvalue weighted by atomic mass is 9.92. The molecule has 1 aromatic rings. The third-order valence-electron chi connectivity index (χ3n) is 3.27. The van der Waals surface area contributed by atoms with Crippen molar-refractivity contribution in [3.05, 3.63) is 35.9 Å². The Morgan fingerprint density at radius 2 is 1.50 bits per heavy atom. The molecule has 1 heterocycles. The zero-order chi connectivity index (χ0) is 13.1. The second kappa shape index (κ2) is 5.77. The van der Waals surface area contributed by atoms with Crippen LogP contribution in [0.25, 0.3) is 0 Å². The fourth-order valence-corrected chi connectivity index (χ4v) is 2.19. The van der Waals surface area contributed by atoms with Gasteiger partial charge in [0, 0.05) is 6.42 Å². The van der Waals surface area contributed by atoms with E-state index in [4.69, 9.17) is 9.84 Å². The lowest BCUT2D eigenvalue weighted by molar-refractivity contribution is -0.228. The minimum atomic E-state index is -1.30. The standard InChI is InChI=1S/C13H18O5/c14-7-10-12(16)13(17)11(15)9(18-10)6-8-4-2-1-3-5-8/h1-5,9-17H,6-7H2/t9-,10-,11+,12+,13-/m1/s1. The molecule has 18 heavy (non-hydrogen) atoms. The molecule has 1 aliphatic heterocycles. The average molecular weight is 254 g/mol. The second-order valence-corrected chi connectivity index (χ2v) is 4.56. The molecular weight excluding hydrogens is 236 g/mol. The van der Waals surface area contributed by atoms with Gasteiger partial charge in [-0.15, -0.1) is 0 Å². The highest BCUT2D eigenvalue weighted by Crippen LogP contribution is 2.23. The van der Waals surface area contributed by atoms with Gasteiger partial charge in [0.25, 0.3) is 0 Å². The van der Waals surface area contributed by atoms with Crippen molar-refractivity contribution < 1.29 is 25.2 Å². The number of aliphatic hydroxyl groups excluding tert-OH is 4. The quantitative estimate of drug-likeness (QED) is 0.559. The lowest BCUT2D eigenvalue weighted by Crippen LogP contribution is -2.58. The van der Waals surface area contributed by atoms with Crippen molar-refractivity contribution in [2.75, 3.05) is 6.61 Å². The van der Waals surface area contributed by atoms with Crippen molar-refractivity contribution in [1.82, 2.24) is 0 Å². The van der Waals surface area contributed by atoms with Gasteiger partial charge in [-0.1, -0.05) is 30.3 Å². The number of ether oxygens (including phenoxy) is 1. The molecule has 0 aromatic heterocycles. The summed E-state index contributed by atoms with van der Waals surface area (Å²) in [6.45, 7) is -0.393. The van der Waals surface area contributed by atoms with Crippen LogP contribution >= 0.6 is 0 Å². The first-order valence-corrected chi connectivity index (χ1v) is 5.98. The minimum Gasteiger partial charge on any atom is -0.394 e. The first kappa shape index (κ1) is 13.5. The maximum atomic E-state index is 9.87. The van der Waals surface area contributed by atoms with E-state index in [-0.39, 0.29) is 0 Å².